The molecule has 2 saturated carbocycles. The number of benzene rings is 1. The van der Waals surface area contributed by atoms with Gasteiger partial charge in [-0.2, -0.15) is 0 Å². The Balaban J connectivity index is 1.24. The lowest BCUT2D eigenvalue weighted by atomic mass is 9.69. The minimum atomic E-state index is -4.00. The highest BCUT2D eigenvalue weighted by Crippen LogP contribution is 2.70. The second-order valence-electron chi connectivity index (χ2n) is 14.5. The first kappa shape index (κ1) is 33.9. The number of rotatable bonds is 6. The van der Waals surface area contributed by atoms with E-state index in [9.17, 15) is 27.6 Å². The molecule has 4 heterocycles. The van der Waals surface area contributed by atoms with Crippen molar-refractivity contribution in [3.63, 3.8) is 0 Å². The van der Waals surface area contributed by atoms with Crippen molar-refractivity contribution in [2.75, 3.05) is 12.4 Å². The quantitative estimate of drug-likeness (QED) is 0.313. The van der Waals surface area contributed by atoms with Gasteiger partial charge in [-0.3, -0.25) is 23.9 Å². The van der Waals surface area contributed by atoms with Crippen LogP contribution in [0, 0.1) is 16.7 Å². The minimum absolute atomic E-state index is 0.000981. The number of sulfonamides is 1. The Hall–Kier alpha value is -3.53. The SMILES string of the molecule is CC(=O)OC[C@H]1O[C@H]2O[C@]3(C[C@H](c4ccccc4)C=C(C(=O)N4[C@@H]5C[C@H]6CC[C@]5(CS4(=O)=O)C6(C)C)O3)O[C@H]2[C@@H](OC(C)=O)[C@@H]1OC(C)=O. The standard InChI is InChI=1S/C34H41NO13S/c1-18(36)42-16-25-27(43-19(2)37)28(44-20(3)38)29-31(45-25)48-34(47-29)15-22(21-9-7-6-8-10-21)13-24(46-34)30(39)35-26-14-23-11-12-33(26,32(23,4)5)17-49(35,40)41/h6-10,13,22-23,25-29,31H,11-12,14-17H2,1-5H3/t22-,23-,25-,26-,27-,28+,29+,31+,33-,34+/m1/s1. The van der Waals surface area contributed by atoms with Gasteiger partial charge >= 0.3 is 29.8 Å². The highest BCUT2D eigenvalue weighted by atomic mass is 32.2. The van der Waals surface area contributed by atoms with E-state index in [0.717, 1.165) is 22.7 Å². The number of amides is 1. The number of ether oxygens (including phenoxy) is 7. The maximum absolute atomic E-state index is 14.5. The summed E-state index contributed by atoms with van der Waals surface area (Å²) in [7, 11) is -4.00. The molecule has 2 bridgehead atoms. The number of hydrogen-bond donors (Lipinski definition) is 0. The molecule has 0 radical (unpaired) electrons. The summed E-state index contributed by atoms with van der Waals surface area (Å²) in [5.74, 6) is -5.51. The smallest absolute Gasteiger partial charge is 0.330 e. The van der Waals surface area contributed by atoms with Crippen LogP contribution in [0.1, 0.15) is 71.8 Å². The molecule has 0 aromatic heterocycles. The molecule has 15 heteroatoms. The summed E-state index contributed by atoms with van der Waals surface area (Å²) in [6.45, 7) is 7.37. The third-order valence-corrected chi connectivity index (χ3v) is 13.3. The summed E-state index contributed by atoms with van der Waals surface area (Å²) in [5.41, 5.74) is -0.0317. The van der Waals surface area contributed by atoms with Gasteiger partial charge in [0.1, 0.15) is 12.7 Å². The van der Waals surface area contributed by atoms with Crippen molar-refractivity contribution in [3.05, 3.63) is 47.7 Å². The van der Waals surface area contributed by atoms with Gasteiger partial charge in [0.15, 0.2) is 30.4 Å². The van der Waals surface area contributed by atoms with Gasteiger partial charge < -0.3 is 28.4 Å². The summed E-state index contributed by atoms with van der Waals surface area (Å²) in [6.07, 6.45) is -2.41. The molecule has 7 rings (SSSR count). The molecule has 5 fully saturated rings. The van der Waals surface area contributed by atoms with Crippen LogP contribution in [0.15, 0.2) is 42.2 Å². The lowest BCUT2D eigenvalue weighted by Gasteiger charge is -2.40. The molecule has 10 atom stereocenters. The molecule has 1 aromatic rings. The summed E-state index contributed by atoms with van der Waals surface area (Å²) >= 11 is 0. The highest BCUT2D eigenvalue weighted by molar-refractivity contribution is 7.90. The Morgan fingerprint density at radius 1 is 0.959 bits per heavy atom. The van der Waals surface area contributed by atoms with E-state index >= 15 is 0 Å². The molecule has 49 heavy (non-hydrogen) atoms. The van der Waals surface area contributed by atoms with Crippen LogP contribution >= 0.6 is 0 Å². The zero-order valence-corrected chi connectivity index (χ0v) is 28.8. The fraction of sp³-hybridized carbons (Fsp3) is 0.647. The molecule has 2 aliphatic carbocycles. The molecular weight excluding hydrogens is 662 g/mol. The van der Waals surface area contributed by atoms with Crippen molar-refractivity contribution in [3.8, 4) is 0 Å². The number of carbonyl (C=O) groups excluding carboxylic acids is 4. The van der Waals surface area contributed by atoms with E-state index in [1.807, 2.05) is 30.3 Å². The zero-order valence-electron chi connectivity index (χ0n) is 28.0. The Kier molecular flexibility index (Phi) is 8.16. The van der Waals surface area contributed by atoms with Crippen LogP contribution in [0.4, 0.5) is 0 Å². The van der Waals surface area contributed by atoms with Crippen LogP contribution in [0.5, 0.6) is 0 Å². The summed E-state index contributed by atoms with van der Waals surface area (Å²) in [4.78, 5) is 50.7. The van der Waals surface area contributed by atoms with Gasteiger partial charge in [0.2, 0.25) is 10.0 Å². The first-order valence-electron chi connectivity index (χ1n) is 16.6. The molecule has 0 N–H and O–H groups in total. The Morgan fingerprint density at radius 2 is 1.65 bits per heavy atom. The van der Waals surface area contributed by atoms with Gasteiger partial charge in [-0.25, -0.2) is 12.7 Å². The number of allylic oxidation sites excluding steroid dienone is 1. The molecule has 1 amide bonds. The van der Waals surface area contributed by atoms with Gasteiger partial charge in [0.05, 0.1) is 18.2 Å². The molecule has 14 nitrogen and oxygen atoms in total. The minimum Gasteiger partial charge on any atom is -0.463 e. The highest BCUT2D eigenvalue weighted by Gasteiger charge is 2.73. The van der Waals surface area contributed by atoms with E-state index in [-0.39, 0.29) is 35.9 Å². The normalized spacial score (nSPS) is 39.4. The van der Waals surface area contributed by atoms with Gasteiger partial charge in [-0.1, -0.05) is 44.2 Å². The Morgan fingerprint density at radius 3 is 2.31 bits per heavy atom. The zero-order chi connectivity index (χ0) is 35.1. The average Bonchev–Trinajstić information content (AvgIpc) is 3.64. The molecule has 4 aliphatic heterocycles. The van der Waals surface area contributed by atoms with Crippen molar-refractivity contribution in [1.29, 1.82) is 0 Å². The Labute approximate surface area is 284 Å². The van der Waals surface area contributed by atoms with Crippen LogP contribution in [0.25, 0.3) is 0 Å². The monoisotopic (exact) mass is 703 g/mol. The van der Waals surface area contributed by atoms with Crippen molar-refractivity contribution in [2.45, 2.75) is 109 Å². The summed E-state index contributed by atoms with van der Waals surface area (Å²) in [5, 5.41) is 0. The van der Waals surface area contributed by atoms with E-state index in [2.05, 4.69) is 13.8 Å². The first-order chi connectivity index (χ1) is 23.1. The van der Waals surface area contributed by atoms with Crippen molar-refractivity contribution < 1.29 is 60.8 Å². The Bertz CT molecular complexity index is 1690. The van der Waals surface area contributed by atoms with Crippen molar-refractivity contribution in [1.82, 2.24) is 4.31 Å². The van der Waals surface area contributed by atoms with E-state index in [0.29, 0.717) is 6.42 Å². The molecular formula is C34H41NO13S. The van der Waals surface area contributed by atoms with Crippen LogP contribution in [-0.2, 0) is 62.4 Å². The summed E-state index contributed by atoms with van der Waals surface area (Å²) < 4.78 is 70.1. The largest absolute Gasteiger partial charge is 0.463 e. The van der Waals surface area contributed by atoms with Crippen LogP contribution in [0.3, 0.4) is 0 Å². The molecule has 1 aromatic carbocycles. The second kappa shape index (κ2) is 11.8. The van der Waals surface area contributed by atoms with Crippen molar-refractivity contribution >= 4 is 33.8 Å². The number of hydrogen-bond acceptors (Lipinski definition) is 13. The topological polar surface area (TPSA) is 170 Å². The van der Waals surface area contributed by atoms with E-state index in [1.54, 1.807) is 6.08 Å². The lowest BCUT2D eigenvalue weighted by molar-refractivity contribution is -0.347. The first-order valence-corrected chi connectivity index (χ1v) is 18.2. The third-order valence-electron chi connectivity index (χ3n) is 11.4. The summed E-state index contributed by atoms with van der Waals surface area (Å²) in [6, 6.07) is 8.71. The predicted molar refractivity (Wildman–Crippen MR) is 166 cm³/mol. The molecule has 2 spiro atoms. The molecule has 6 aliphatic rings. The fourth-order valence-electron chi connectivity index (χ4n) is 9.10. The molecule has 266 valence electrons. The maximum atomic E-state index is 14.5. The van der Waals surface area contributed by atoms with E-state index < -0.39 is 87.9 Å². The lowest BCUT2D eigenvalue weighted by Crippen LogP contribution is -2.60. The maximum Gasteiger partial charge on any atom is 0.330 e. The number of esters is 3. The van der Waals surface area contributed by atoms with E-state index in [4.69, 9.17) is 33.2 Å². The van der Waals surface area contributed by atoms with Gasteiger partial charge in [-0.15, -0.1) is 0 Å². The van der Waals surface area contributed by atoms with Gasteiger partial charge in [0.25, 0.3) is 0 Å². The van der Waals surface area contributed by atoms with E-state index in [1.165, 1.54) is 20.8 Å². The number of carbonyl (C=O) groups is 4. The number of nitrogens with zero attached hydrogens (tertiary/aromatic N) is 1. The average molecular weight is 704 g/mol. The van der Waals surface area contributed by atoms with Gasteiger partial charge in [0, 0.05) is 32.1 Å². The molecule has 3 saturated heterocycles. The van der Waals surface area contributed by atoms with Crippen LogP contribution < -0.4 is 0 Å². The number of fused-ring (bicyclic) bond motifs is 2. The van der Waals surface area contributed by atoms with Crippen LogP contribution in [0.2, 0.25) is 0 Å². The third kappa shape index (κ3) is 5.53. The van der Waals surface area contributed by atoms with Gasteiger partial charge in [-0.05, 0) is 42.2 Å². The molecule has 0 unspecified atom stereocenters. The second-order valence-corrected chi connectivity index (χ2v) is 16.3. The van der Waals surface area contributed by atoms with Crippen molar-refractivity contribution in [2.24, 2.45) is 16.7 Å². The predicted octanol–water partition coefficient (Wildman–Crippen LogP) is 2.66. The fourth-order valence-corrected chi connectivity index (χ4v) is 11.6. The van der Waals surface area contributed by atoms with Crippen LogP contribution in [-0.4, -0.2) is 91.6 Å².